The van der Waals surface area contributed by atoms with Crippen molar-refractivity contribution < 1.29 is 4.74 Å². The van der Waals surface area contributed by atoms with Crippen molar-refractivity contribution in [1.82, 2.24) is 9.88 Å². The van der Waals surface area contributed by atoms with E-state index in [2.05, 4.69) is 45.0 Å². The molecule has 1 fully saturated rings. The van der Waals surface area contributed by atoms with Crippen molar-refractivity contribution in [3.63, 3.8) is 0 Å². The van der Waals surface area contributed by atoms with Crippen LogP contribution >= 0.6 is 0 Å². The fraction of sp³-hybridized carbons (Fsp3) is 0.667. The Bertz CT molecular complexity index is 423. The van der Waals surface area contributed by atoms with E-state index in [0.29, 0.717) is 5.92 Å². The Labute approximate surface area is 110 Å². The Morgan fingerprint density at radius 1 is 1.33 bits per heavy atom. The third-order valence-corrected chi connectivity index (χ3v) is 3.64. The first kappa shape index (κ1) is 13.5. The number of aromatic nitrogens is 1. The maximum Gasteiger partial charge on any atom is 0.0947 e. The Kier molecular flexibility index (Phi) is 3.74. The molecule has 0 aliphatic heterocycles. The van der Waals surface area contributed by atoms with Gasteiger partial charge in [0.25, 0.3) is 0 Å². The predicted octanol–water partition coefficient (Wildman–Crippen LogP) is 2.90. The fourth-order valence-corrected chi connectivity index (χ4v) is 2.37. The lowest BCUT2D eigenvalue weighted by molar-refractivity contribution is 0.0771. The number of methoxy groups -OCH3 is 1. The van der Waals surface area contributed by atoms with E-state index in [1.54, 1.807) is 0 Å². The summed E-state index contributed by atoms with van der Waals surface area (Å²) >= 11 is 0. The van der Waals surface area contributed by atoms with Gasteiger partial charge in [0.1, 0.15) is 0 Å². The van der Waals surface area contributed by atoms with Gasteiger partial charge in [-0.1, -0.05) is 19.9 Å². The van der Waals surface area contributed by atoms with Crippen molar-refractivity contribution in [3.05, 3.63) is 29.1 Å². The second kappa shape index (κ2) is 4.98. The molecular weight excluding hydrogens is 224 g/mol. The highest BCUT2D eigenvalue weighted by molar-refractivity contribution is 5.34. The number of pyridine rings is 1. The van der Waals surface area contributed by atoms with Gasteiger partial charge in [0, 0.05) is 24.9 Å². The molecular formula is C15H24N2O. The number of hydrogen-bond donors (Lipinski definition) is 0. The van der Waals surface area contributed by atoms with Crippen LogP contribution in [0.2, 0.25) is 0 Å². The van der Waals surface area contributed by atoms with Gasteiger partial charge in [0.15, 0.2) is 0 Å². The minimum Gasteiger partial charge on any atom is -0.373 e. The summed E-state index contributed by atoms with van der Waals surface area (Å²) in [6.45, 7) is 5.25. The van der Waals surface area contributed by atoms with E-state index in [-0.39, 0.29) is 5.60 Å². The van der Waals surface area contributed by atoms with Crippen LogP contribution in [0, 0.1) is 0 Å². The van der Waals surface area contributed by atoms with Gasteiger partial charge >= 0.3 is 0 Å². The normalized spacial score (nSPS) is 17.5. The first-order valence-electron chi connectivity index (χ1n) is 6.68. The van der Waals surface area contributed by atoms with Crippen LogP contribution in [0.1, 0.15) is 49.6 Å². The van der Waals surface area contributed by atoms with Crippen molar-refractivity contribution in [1.29, 1.82) is 0 Å². The lowest BCUT2D eigenvalue weighted by Crippen LogP contribution is -2.19. The molecule has 18 heavy (non-hydrogen) atoms. The van der Waals surface area contributed by atoms with Gasteiger partial charge < -0.3 is 9.64 Å². The SMILES string of the molecule is COC1(c2ccc(C(C)C)nc2CN(C)C)CC1. The van der Waals surface area contributed by atoms with Gasteiger partial charge in [-0.15, -0.1) is 0 Å². The molecule has 1 aromatic rings. The molecule has 1 aliphatic carbocycles. The molecule has 0 unspecified atom stereocenters. The van der Waals surface area contributed by atoms with Crippen molar-refractivity contribution in [2.45, 2.75) is 44.8 Å². The minimum absolute atomic E-state index is 0.0478. The van der Waals surface area contributed by atoms with Gasteiger partial charge in [-0.2, -0.15) is 0 Å². The second-order valence-electron chi connectivity index (χ2n) is 5.82. The molecule has 0 spiro atoms. The zero-order valence-corrected chi connectivity index (χ0v) is 12.2. The van der Waals surface area contributed by atoms with E-state index in [4.69, 9.17) is 9.72 Å². The Morgan fingerprint density at radius 3 is 2.44 bits per heavy atom. The molecule has 1 aliphatic rings. The summed E-state index contributed by atoms with van der Waals surface area (Å²) in [6, 6.07) is 4.37. The molecule has 1 saturated carbocycles. The molecule has 0 amide bonds. The first-order chi connectivity index (χ1) is 8.48. The highest BCUT2D eigenvalue weighted by Gasteiger charge is 2.46. The molecule has 0 aromatic carbocycles. The molecule has 1 heterocycles. The molecule has 1 aromatic heterocycles. The van der Waals surface area contributed by atoms with E-state index in [9.17, 15) is 0 Å². The summed E-state index contributed by atoms with van der Waals surface area (Å²) in [7, 11) is 5.97. The van der Waals surface area contributed by atoms with Gasteiger partial charge in [0.2, 0.25) is 0 Å². The average Bonchev–Trinajstić information content (AvgIpc) is 3.09. The maximum absolute atomic E-state index is 5.70. The Hall–Kier alpha value is -0.930. The lowest BCUT2D eigenvalue weighted by Gasteiger charge is -2.21. The largest absolute Gasteiger partial charge is 0.373 e. The van der Waals surface area contributed by atoms with Crippen LogP contribution in [-0.2, 0) is 16.9 Å². The van der Waals surface area contributed by atoms with Crippen LogP contribution in [0.5, 0.6) is 0 Å². The fourth-order valence-electron chi connectivity index (χ4n) is 2.37. The Balaban J connectivity index is 2.39. The summed E-state index contributed by atoms with van der Waals surface area (Å²) in [6.07, 6.45) is 2.24. The smallest absolute Gasteiger partial charge is 0.0947 e. The standard InChI is InChI=1S/C15H24N2O/c1-11(2)13-7-6-12(15(18-5)8-9-15)14(16-13)10-17(3)4/h6-7,11H,8-10H2,1-5H3. The lowest BCUT2D eigenvalue weighted by atomic mass is 10.0. The number of rotatable bonds is 5. The molecule has 0 radical (unpaired) electrons. The third-order valence-electron chi connectivity index (χ3n) is 3.64. The minimum atomic E-state index is -0.0478. The van der Waals surface area contributed by atoms with Crippen LogP contribution in [-0.4, -0.2) is 31.1 Å². The number of ether oxygens (including phenoxy) is 1. The third kappa shape index (κ3) is 2.57. The quantitative estimate of drug-likeness (QED) is 0.801. The van der Waals surface area contributed by atoms with E-state index in [0.717, 1.165) is 19.4 Å². The van der Waals surface area contributed by atoms with Crippen LogP contribution in [0.25, 0.3) is 0 Å². The van der Waals surface area contributed by atoms with Crippen LogP contribution in [0.3, 0.4) is 0 Å². The van der Waals surface area contributed by atoms with Gasteiger partial charge in [-0.3, -0.25) is 4.98 Å². The monoisotopic (exact) mass is 248 g/mol. The molecule has 2 rings (SSSR count). The summed E-state index contributed by atoms with van der Waals surface area (Å²) in [5.41, 5.74) is 3.57. The number of nitrogens with zero attached hydrogens (tertiary/aromatic N) is 2. The molecule has 3 heteroatoms. The molecule has 0 atom stereocenters. The average molecular weight is 248 g/mol. The summed E-state index contributed by atoms with van der Waals surface area (Å²) in [5.74, 6) is 0.470. The number of hydrogen-bond acceptors (Lipinski definition) is 3. The molecule has 0 bridgehead atoms. The molecule has 100 valence electrons. The van der Waals surface area contributed by atoms with Crippen LogP contribution < -0.4 is 0 Å². The first-order valence-corrected chi connectivity index (χ1v) is 6.68. The zero-order chi connectivity index (χ0) is 13.3. The van der Waals surface area contributed by atoms with Crippen molar-refractivity contribution in [3.8, 4) is 0 Å². The summed E-state index contributed by atoms with van der Waals surface area (Å²) in [4.78, 5) is 7.01. The predicted molar refractivity (Wildman–Crippen MR) is 73.6 cm³/mol. The van der Waals surface area contributed by atoms with Crippen molar-refractivity contribution in [2.75, 3.05) is 21.2 Å². The van der Waals surface area contributed by atoms with E-state index >= 15 is 0 Å². The topological polar surface area (TPSA) is 25.4 Å². The van der Waals surface area contributed by atoms with Crippen LogP contribution in [0.15, 0.2) is 12.1 Å². The van der Waals surface area contributed by atoms with Gasteiger partial charge in [-0.05, 0) is 38.9 Å². The summed E-state index contributed by atoms with van der Waals surface area (Å²) in [5, 5.41) is 0. The van der Waals surface area contributed by atoms with Crippen molar-refractivity contribution >= 4 is 0 Å². The Morgan fingerprint density at radius 2 is 2.00 bits per heavy atom. The summed E-state index contributed by atoms with van der Waals surface area (Å²) < 4.78 is 5.70. The highest BCUT2D eigenvalue weighted by Crippen LogP contribution is 2.49. The van der Waals surface area contributed by atoms with Crippen LogP contribution in [0.4, 0.5) is 0 Å². The molecule has 0 saturated heterocycles. The van der Waals surface area contributed by atoms with Gasteiger partial charge in [-0.25, -0.2) is 0 Å². The maximum atomic E-state index is 5.70. The zero-order valence-electron chi connectivity index (χ0n) is 12.2. The molecule has 3 nitrogen and oxygen atoms in total. The molecule has 0 N–H and O–H groups in total. The van der Waals surface area contributed by atoms with E-state index in [1.165, 1.54) is 17.0 Å². The van der Waals surface area contributed by atoms with Crippen molar-refractivity contribution in [2.24, 2.45) is 0 Å². The van der Waals surface area contributed by atoms with Gasteiger partial charge in [0.05, 0.1) is 11.3 Å². The van der Waals surface area contributed by atoms with E-state index in [1.807, 2.05) is 7.11 Å². The second-order valence-corrected chi connectivity index (χ2v) is 5.82. The van der Waals surface area contributed by atoms with E-state index < -0.39 is 0 Å². The highest BCUT2D eigenvalue weighted by atomic mass is 16.5.